The van der Waals surface area contributed by atoms with Crippen LogP contribution in [0.5, 0.6) is 0 Å². The van der Waals surface area contributed by atoms with E-state index in [-0.39, 0.29) is 24.4 Å². The topological polar surface area (TPSA) is 52.7 Å². The predicted molar refractivity (Wildman–Crippen MR) is 127 cm³/mol. The highest BCUT2D eigenvalue weighted by molar-refractivity contribution is 5.85. The van der Waals surface area contributed by atoms with Crippen LogP contribution < -0.4 is 5.32 Å². The normalized spacial score (nSPS) is 19.5. The Kier molecular flexibility index (Phi) is 6.95. The van der Waals surface area contributed by atoms with Gasteiger partial charge >= 0.3 is 0 Å². The molecule has 1 fully saturated rings. The molecule has 4 rings (SSSR count). The Balaban J connectivity index is 1.48. The van der Waals surface area contributed by atoms with Crippen molar-refractivity contribution in [3.8, 4) is 0 Å². The van der Waals surface area contributed by atoms with Crippen molar-refractivity contribution in [2.75, 3.05) is 26.2 Å². The summed E-state index contributed by atoms with van der Waals surface area (Å²) >= 11 is 0. The zero-order chi connectivity index (χ0) is 22.7. The molecule has 0 bridgehead atoms. The molecule has 2 amide bonds. The van der Waals surface area contributed by atoms with Gasteiger partial charge in [-0.15, -0.1) is 0 Å². The molecule has 0 radical (unpaired) electrons. The monoisotopic (exact) mass is 433 g/mol. The van der Waals surface area contributed by atoms with E-state index in [0.29, 0.717) is 19.0 Å². The first-order valence-corrected chi connectivity index (χ1v) is 11.9. The summed E-state index contributed by atoms with van der Waals surface area (Å²) in [6.45, 7) is 9.47. The molecule has 2 aliphatic heterocycles. The summed E-state index contributed by atoms with van der Waals surface area (Å²) in [6.07, 6.45) is 2.97. The third-order valence-electron chi connectivity index (χ3n) is 7.04. The van der Waals surface area contributed by atoms with Crippen LogP contribution in [0.15, 0.2) is 42.5 Å². The number of carbonyl (C=O) groups excluding carboxylic acids is 2. The fourth-order valence-electron chi connectivity index (χ4n) is 4.90. The quantitative estimate of drug-likeness (QED) is 0.781. The maximum Gasteiger partial charge on any atom is 0.244 e. The zero-order valence-electron chi connectivity index (χ0n) is 19.6. The number of benzene rings is 2. The maximum atomic E-state index is 13.6. The van der Waals surface area contributed by atoms with Gasteiger partial charge in [0, 0.05) is 26.2 Å². The van der Waals surface area contributed by atoms with Crippen molar-refractivity contribution in [1.29, 1.82) is 0 Å². The number of nitrogens with one attached hydrogen (secondary N) is 1. The number of likely N-dealkylation sites (tertiary alicyclic amines) is 1. The van der Waals surface area contributed by atoms with Crippen molar-refractivity contribution in [3.63, 3.8) is 0 Å². The van der Waals surface area contributed by atoms with Crippen LogP contribution in [-0.2, 0) is 22.6 Å². The van der Waals surface area contributed by atoms with Gasteiger partial charge in [-0.3, -0.25) is 14.5 Å². The minimum Gasteiger partial charge on any atom is -0.351 e. The molecule has 2 heterocycles. The van der Waals surface area contributed by atoms with Crippen LogP contribution >= 0.6 is 0 Å². The summed E-state index contributed by atoms with van der Waals surface area (Å²) in [5.41, 5.74) is 5.79. The van der Waals surface area contributed by atoms with E-state index < -0.39 is 0 Å². The van der Waals surface area contributed by atoms with Crippen molar-refractivity contribution in [1.82, 2.24) is 15.1 Å². The van der Waals surface area contributed by atoms with Gasteiger partial charge < -0.3 is 10.2 Å². The van der Waals surface area contributed by atoms with Gasteiger partial charge in [-0.1, -0.05) is 55.0 Å². The van der Waals surface area contributed by atoms with Crippen molar-refractivity contribution in [3.05, 3.63) is 70.3 Å². The molecular formula is C27H35N3O2. The first-order valence-electron chi connectivity index (χ1n) is 11.9. The standard InChI is InChI=1S/C27H35N3O2/c1-19-10-13-29(14-11-19)27(32)26-24-7-5-4-6-22(24)12-15-30(26)18-25(31)28-17-23-16-20(2)8-9-21(23)3/h4-9,16,19,26H,10-15,17-18H2,1-3H3,(H,28,31)/t26-/m1/s1. The summed E-state index contributed by atoms with van der Waals surface area (Å²) in [7, 11) is 0. The molecule has 1 saturated heterocycles. The van der Waals surface area contributed by atoms with Crippen molar-refractivity contribution >= 4 is 11.8 Å². The molecule has 170 valence electrons. The lowest BCUT2D eigenvalue weighted by Crippen LogP contribution is -2.50. The van der Waals surface area contributed by atoms with Gasteiger partial charge in [-0.05, 0) is 61.3 Å². The van der Waals surface area contributed by atoms with E-state index in [4.69, 9.17) is 0 Å². The molecule has 0 aromatic heterocycles. The van der Waals surface area contributed by atoms with Crippen molar-refractivity contribution in [2.24, 2.45) is 5.92 Å². The first kappa shape index (κ1) is 22.5. The molecule has 32 heavy (non-hydrogen) atoms. The van der Waals surface area contributed by atoms with E-state index in [9.17, 15) is 9.59 Å². The second-order valence-corrected chi connectivity index (χ2v) is 9.54. The van der Waals surface area contributed by atoms with E-state index in [0.717, 1.165) is 43.5 Å². The molecule has 0 unspecified atom stereocenters. The Morgan fingerprint density at radius 3 is 2.56 bits per heavy atom. The highest BCUT2D eigenvalue weighted by Crippen LogP contribution is 2.32. The number of piperidine rings is 1. The van der Waals surface area contributed by atoms with Crippen LogP contribution in [-0.4, -0.2) is 47.8 Å². The Bertz CT molecular complexity index is 979. The highest BCUT2D eigenvalue weighted by atomic mass is 16.2. The molecule has 5 heteroatoms. The van der Waals surface area contributed by atoms with Crippen LogP contribution in [0, 0.1) is 19.8 Å². The lowest BCUT2D eigenvalue weighted by molar-refractivity contribution is -0.140. The van der Waals surface area contributed by atoms with Gasteiger partial charge in [0.2, 0.25) is 11.8 Å². The van der Waals surface area contributed by atoms with Gasteiger partial charge in [0.05, 0.1) is 6.54 Å². The van der Waals surface area contributed by atoms with Gasteiger partial charge in [-0.25, -0.2) is 0 Å². The maximum absolute atomic E-state index is 13.6. The smallest absolute Gasteiger partial charge is 0.244 e. The number of hydrogen-bond acceptors (Lipinski definition) is 3. The number of fused-ring (bicyclic) bond motifs is 1. The second kappa shape index (κ2) is 9.86. The first-order chi connectivity index (χ1) is 15.4. The van der Waals surface area contributed by atoms with Crippen molar-refractivity contribution in [2.45, 2.75) is 52.6 Å². The van der Waals surface area contributed by atoms with Gasteiger partial charge in [0.1, 0.15) is 6.04 Å². The van der Waals surface area contributed by atoms with E-state index >= 15 is 0 Å². The van der Waals surface area contributed by atoms with E-state index in [1.165, 1.54) is 16.7 Å². The summed E-state index contributed by atoms with van der Waals surface area (Å²) in [6, 6.07) is 14.1. The number of carbonyl (C=O) groups is 2. The average Bonchev–Trinajstić information content (AvgIpc) is 2.79. The number of hydrogen-bond donors (Lipinski definition) is 1. The Labute approximate surface area is 191 Å². The van der Waals surface area contributed by atoms with Crippen LogP contribution in [0.25, 0.3) is 0 Å². The molecule has 2 aromatic rings. The Hall–Kier alpha value is -2.66. The molecule has 0 saturated carbocycles. The number of aryl methyl sites for hydroxylation is 2. The lowest BCUT2D eigenvalue weighted by atomic mass is 9.90. The van der Waals surface area contributed by atoms with Gasteiger partial charge in [0.25, 0.3) is 0 Å². The van der Waals surface area contributed by atoms with Crippen LogP contribution in [0.2, 0.25) is 0 Å². The average molecular weight is 434 g/mol. The molecule has 0 spiro atoms. The molecule has 1 atom stereocenters. The van der Waals surface area contributed by atoms with Gasteiger partial charge in [0.15, 0.2) is 0 Å². The largest absolute Gasteiger partial charge is 0.351 e. The molecule has 2 aromatic carbocycles. The van der Waals surface area contributed by atoms with E-state index in [1.54, 1.807) is 0 Å². The molecule has 1 N–H and O–H groups in total. The number of amides is 2. The number of nitrogens with zero attached hydrogens (tertiary/aromatic N) is 2. The summed E-state index contributed by atoms with van der Waals surface area (Å²) in [4.78, 5) is 30.6. The Morgan fingerprint density at radius 2 is 1.78 bits per heavy atom. The highest BCUT2D eigenvalue weighted by Gasteiger charge is 2.37. The van der Waals surface area contributed by atoms with E-state index in [2.05, 4.69) is 61.3 Å². The van der Waals surface area contributed by atoms with E-state index in [1.807, 2.05) is 17.0 Å². The SMILES string of the molecule is Cc1ccc(C)c(CNC(=O)CN2CCc3ccccc3[C@@H]2C(=O)N2CCC(C)CC2)c1. The minimum atomic E-state index is -0.375. The Morgan fingerprint density at radius 1 is 1.03 bits per heavy atom. The summed E-state index contributed by atoms with van der Waals surface area (Å²) in [5.74, 6) is 0.784. The molecular weight excluding hydrogens is 398 g/mol. The third kappa shape index (κ3) is 5.04. The molecule has 0 aliphatic carbocycles. The van der Waals surface area contributed by atoms with Gasteiger partial charge in [-0.2, -0.15) is 0 Å². The second-order valence-electron chi connectivity index (χ2n) is 9.54. The number of rotatable bonds is 5. The molecule has 2 aliphatic rings. The zero-order valence-corrected chi connectivity index (χ0v) is 19.6. The summed E-state index contributed by atoms with van der Waals surface area (Å²) in [5, 5.41) is 3.08. The lowest BCUT2D eigenvalue weighted by Gasteiger charge is -2.40. The predicted octanol–water partition coefficient (Wildman–Crippen LogP) is 3.78. The van der Waals surface area contributed by atoms with Crippen LogP contribution in [0.3, 0.4) is 0 Å². The summed E-state index contributed by atoms with van der Waals surface area (Å²) < 4.78 is 0. The fraction of sp³-hybridized carbons (Fsp3) is 0.481. The van der Waals surface area contributed by atoms with Crippen LogP contribution in [0.1, 0.15) is 53.6 Å². The minimum absolute atomic E-state index is 0.0321. The fourth-order valence-corrected chi connectivity index (χ4v) is 4.90. The molecule has 5 nitrogen and oxygen atoms in total. The van der Waals surface area contributed by atoms with Crippen molar-refractivity contribution < 1.29 is 9.59 Å². The van der Waals surface area contributed by atoms with Crippen LogP contribution in [0.4, 0.5) is 0 Å². The third-order valence-corrected chi connectivity index (χ3v) is 7.04.